The van der Waals surface area contributed by atoms with E-state index in [2.05, 4.69) is 10.6 Å². The third kappa shape index (κ3) is 4.94. The van der Waals surface area contributed by atoms with Gasteiger partial charge in [-0.05, 0) is 42.0 Å². The predicted molar refractivity (Wildman–Crippen MR) is 108 cm³/mol. The Hall–Kier alpha value is -3.67. The van der Waals surface area contributed by atoms with Crippen LogP contribution >= 0.6 is 0 Å². The monoisotopic (exact) mass is 378 g/mol. The van der Waals surface area contributed by atoms with Crippen molar-refractivity contribution in [3.8, 4) is 23.0 Å². The molecule has 0 fully saturated rings. The van der Waals surface area contributed by atoms with E-state index in [1.54, 1.807) is 32.4 Å². The molecular formula is C22H22N2O4. The van der Waals surface area contributed by atoms with E-state index in [0.29, 0.717) is 35.2 Å². The molecule has 0 saturated heterocycles. The summed E-state index contributed by atoms with van der Waals surface area (Å²) in [6, 6.07) is 21.8. The molecule has 28 heavy (non-hydrogen) atoms. The first kappa shape index (κ1) is 19.1. The lowest BCUT2D eigenvalue weighted by atomic mass is 10.2. The maximum Gasteiger partial charge on any atom is 0.319 e. The molecule has 0 heterocycles. The summed E-state index contributed by atoms with van der Waals surface area (Å²) in [5, 5.41) is 5.65. The van der Waals surface area contributed by atoms with Crippen LogP contribution in [0.1, 0.15) is 5.56 Å². The van der Waals surface area contributed by atoms with E-state index >= 15 is 0 Å². The first-order valence-corrected chi connectivity index (χ1v) is 8.77. The SMILES string of the molecule is COc1ccc(CNC(=O)Nc2ccccc2Oc2ccccc2)cc1OC. The zero-order valence-electron chi connectivity index (χ0n) is 15.8. The second-order valence-corrected chi connectivity index (χ2v) is 5.91. The Kier molecular flexibility index (Phi) is 6.36. The number of amides is 2. The number of nitrogens with one attached hydrogen (secondary N) is 2. The molecule has 2 N–H and O–H groups in total. The van der Waals surface area contributed by atoms with E-state index in [4.69, 9.17) is 14.2 Å². The number of para-hydroxylation sites is 3. The topological polar surface area (TPSA) is 68.8 Å². The molecule has 0 aliphatic heterocycles. The minimum absolute atomic E-state index is 0.334. The number of rotatable bonds is 7. The van der Waals surface area contributed by atoms with E-state index in [1.807, 2.05) is 54.6 Å². The second kappa shape index (κ2) is 9.32. The van der Waals surface area contributed by atoms with Crippen molar-refractivity contribution in [3.63, 3.8) is 0 Å². The van der Waals surface area contributed by atoms with E-state index in [9.17, 15) is 4.79 Å². The van der Waals surface area contributed by atoms with Crippen LogP contribution in [0.15, 0.2) is 72.8 Å². The molecule has 0 bridgehead atoms. The minimum atomic E-state index is -0.334. The van der Waals surface area contributed by atoms with Gasteiger partial charge in [0, 0.05) is 6.54 Å². The quantitative estimate of drug-likeness (QED) is 0.619. The second-order valence-electron chi connectivity index (χ2n) is 5.91. The van der Waals surface area contributed by atoms with E-state index in [-0.39, 0.29) is 6.03 Å². The van der Waals surface area contributed by atoms with Crippen molar-refractivity contribution >= 4 is 11.7 Å². The van der Waals surface area contributed by atoms with Gasteiger partial charge in [-0.25, -0.2) is 4.79 Å². The first-order valence-electron chi connectivity index (χ1n) is 8.77. The van der Waals surface area contributed by atoms with Crippen LogP contribution in [0.3, 0.4) is 0 Å². The Balaban J connectivity index is 1.62. The molecule has 6 nitrogen and oxygen atoms in total. The summed E-state index contributed by atoms with van der Waals surface area (Å²) >= 11 is 0. The molecule has 0 spiro atoms. The Labute approximate surface area is 164 Å². The van der Waals surface area contributed by atoms with Crippen LogP contribution in [-0.4, -0.2) is 20.3 Å². The summed E-state index contributed by atoms with van der Waals surface area (Å²) in [6.07, 6.45) is 0. The van der Waals surface area contributed by atoms with E-state index < -0.39 is 0 Å². The first-order chi connectivity index (χ1) is 13.7. The minimum Gasteiger partial charge on any atom is -0.493 e. The highest BCUT2D eigenvalue weighted by Gasteiger charge is 2.09. The zero-order valence-corrected chi connectivity index (χ0v) is 15.8. The van der Waals surface area contributed by atoms with Gasteiger partial charge in [0.25, 0.3) is 0 Å². The van der Waals surface area contributed by atoms with Gasteiger partial charge in [-0.15, -0.1) is 0 Å². The standard InChI is InChI=1S/C22H22N2O4/c1-26-20-13-12-16(14-21(20)27-2)15-23-22(25)24-18-10-6-7-11-19(18)28-17-8-4-3-5-9-17/h3-14H,15H2,1-2H3,(H2,23,24,25). The number of methoxy groups -OCH3 is 2. The average Bonchev–Trinajstić information content (AvgIpc) is 2.74. The molecule has 0 aliphatic rings. The number of urea groups is 1. The molecule has 0 saturated carbocycles. The molecule has 3 aromatic carbocycles. The predicted octanol–water partition coefficient (Wildman–Crippen LogP) is 4.82. The number of carbonyl (C=O) groups is 1. The fourth-order valence-electron chi connectivity index (χ4n) is 2.61. The van der Waals surface area contributed by atoms with Crippen molar-refractivity contribution in [1.29, 1.82) is 0 Å². The summed E-state index contributed by atoms with van der Waals surface area (Å²) in [4.78, 5) is 12.3. The van der Waals surface area contributed by atoms with Gasteiger partial charge in [-0.3, -0.25) is 0 Å². The third-order valence-electron chi connectivity index (χ3n) is 4.01. The molecule has 0 radical (unpaired) electrons. The molecule has 3 aromatic rings. The fourth-order valence-corrected chi connectivity index (χ4v) is 2.61. The highest BCUT2D eigenvalue weighted by atomic mass is 16.5. The lowest BCUT2D eigenvalue weighted by molar-refractivity contribution is 0.251. The highest BCUT2D eigenvalue weighted by Crippen LogP contribution is 2.29. The van der Waals surface area contributed by atoms with Crippen LogP contribution < -0.4 is 24.8 Å². The van der Waals surface area contributed by atoms with Gasteiger partial charge in [0.2, 0.25) is 0 Å². The Morgan fingerprint density at radius 2 is 1.54 bits per heavy atom. The normalized spacial score (nSPS) is 10.1. The van der Waals surface area contributed by atoms with Crippen LogP contribution in [0.5, 0.6) is 23.0 Å². The van der Waals surface area contributed by atoms with Gasteiger partial charge in [-0.2, -0.15) is 0 Å². The van der Waals surface area contributed by atoms with Gasteiger partial charge < -0.3 is 24.8 Å². The van der Waals surface area contributed by atoms with Gasteiger partial charge in [0.1, 0.15) is 5.75 Å². The van der Waals surface area contributed by atoms with Gasteiger partial charge in [0.15, 0.2) is 17.2 Å². The maximum absolute atomic E-state index is 12.3. The molecular weight excluding hydrogens is 356 g/mol. The molecule has 144 valence electrons. The van der Waals surface area contributed by atoms with Gasteiger partial charge in [0.05, 0.1) is 19.9 Å². The van der Waals surface area contributed by atoms with E-state index in [1.165, 1.54) is 0 Å². The Morgan fingerprint density at radius 1 is 0.821 bits per heavy atom. The maximum atomic E-state index is 12.3. The molecule has 0 aromatic heterocycles. The highest BCUT2D eigenvalue weighted by molar-refractivity contribution is 5.90. The Bertz CT molecular complexity index is 929. The van der Waals surface area contributed by atoms with Crippen LogP contribution in [-0.2, 0) is 6.54 Å². The lowest BCUT2D eigenvalue weighted by Gasteiger charge is -2.13. The van der Waals surface area contributed by atoms with Crippen LogP contribution in [0.25, 0.3) is 0 Å². The van der Waals surface area contributed by atoms with Crippen LogP contribution in [0.2, 0.25) is 0 Å². The molecule has 0 atom stereocenters. The number of benzene rings is 3. The number of anilines is 1. The van der Waals surface area contributed by atoms with Crippen LogP contribution in [0.4, 0.5) is 10.5 Å². The summed E-state index contributed by atoms with van der Waals surface area (Å²) in [5.74, 6) is 2.52. The Morgan fingerprint density at radius 3 is 2.29 bits per heavy atom. The average molecular weight is 378 g/mol. The van der Waals surface area contributed by atoms with Crippen LogP contribution in [0, 0.1) is 0 Å². The van der Waals surface area contributed by atoms with E-state index in [0.717, 1.165) is 5.56 Å². The van der Waals surface area contributed by atoms with Gasteiger partial charge >= 0.3 is 6.03 Å². The van der Waals surface area contributed by atoms with Crippen molar-refractivity contribution in [2.24, 2.45) is 0 Å². The summed E-state index contributed by atoms with van der Waals surface area (Å²) in [5.41, 5.74) is 1.47. The lowest BCUT2D eigenvalue weighted by Crippen LogP contribution is -2.28. The fraction of sp³-hybridized carbons (Fsp3) is 0.136. The summed E-state index contributed by atoms with van der Waals surface area (Å²) in [6.45, 7) is 0.341. The zero-order chi connectivity index (χ0) is 19.8. The van der Waals surface area contributed by atoms with Gasteiger partial charge in [-0.1, -0.05) is 36.4 Å². The number of hydrogen-bond acceptors (Lipinski definition) is 4. The van der Waals surface area contributed by atoms with Crippen molar-refractivity contribution in [2.75, 3.05) is 19.5 Å². The summed E-state index contributed by atoms with van der Waals surface area (Å²) < 4.78 is 16.4. The van der Waals surface area contributed by atoms with Crippen molar-refractivity contribution in [1.82, 2.24) is 5.32 Å². The summed E-state index contributed by atoms with van der Waals surface area (Å²) in [7, 11) is 3.16. The van der Waals surface area contributed by atoms with Crippen molar-refractivity contribution in [3.05, 3.63) is 78.4 Å². The largest absolute Gasteiger partial charge is 0.493 e. The molecule has 6 heteroatoms. The van der Waals surface area contributed by atoms with Crippen molar-refractivity contribution < 1.29 is 19.0 Å². The third-order valence-corrected chi connectivity index (χ3v) is 4.01. The number of carbonyl (C=O) groups excluding carboxylic acids is 1. The number of hydrogen-bond donors (Lipinski definition) is 2. The smallest absolute Gasteiger partial charge is 0.319 e. The molecule has 0 aliphatic carbocycles. The van der Waals surface area contributed by atoms with Crippen molar-refractivity contribution in [2.45, 2.75) is 6.54 Å². The molecule has 2 amide bonds. The molecule has 3 rings (SSSR count). The molecule has 0 unspecified atom stereocenters. The number of ether oxygens (including phenoxy) is 3.